The Bertz CT molecular complexity index is 568. The van der Waals surface area contributed by atoms with Gasteiger partial charge in [-0.25, -0.2) is 4.79 Å². The number of amides is 2. The number of carbonyl (C=O) groups is 3. The highest BCUT2D eigenvalue weighted by Gasteiger charge is 2.33. The number of carboxylic acids is 1. The molecule has 2 atom stereocenters. The van der Waals surface area contributed by atoms with Gasteiger partial charge in [-0.05, 0) is 18.8 Å². The van der Waals surface area contributed by atoms with Crippen molar-refractivity contribution in [2.45, 2.75) is 148 Å². The summed E-state index contributed by atoms with van der Waals surface area (Å²) in [5.41, 5.74) is 11.2. The summed E-state index contributed by atoms with van der Waals surface area (Å²) in [4.78, 5) is 37.3. The van der Waals surface area contributed by atoms with Crippen LogP contribution in [-0.2, 0) is 14.4 Å². The smallest absolute Gasteiger partial charge is 0.326 e. The van der Waals surface area contributed by atoms with Crippen LogP contribution in [-0.4, -0.2) is 46.4 Å². The molecule has 0 rings (SSSR count). The number of hydrogen-bond donors (Lipinski definition) is 3. The molecule has 35 heavy (non-hydrogen) atoms. The van der Waals surface area contributed by atoms with Crippen molar-refractivity contribution in [3.05, 3.63) is 0 Å². The SMILES string of the molecule is CCCCCCCCCCCCCCCCCCN(C(=O)[C@@H](N)C(C)C)[C@H](CCC(N)=O)C(=O)O. The number of aliphatic carboxylic acids is 1. The van der Waals surface area contributed by atoms with Crippen molar-refractivity contribution in [3.63, 3.8) is 0 Å². The normalized spacial score (nSPS) is 13.1. The Morgan fingerprint density at radius 1 is 0.743 bits per heavy atom. The highest BCUT2D eigenvalue weighted by Crippen LogP contribution is 2.16. The monoisotopic (exact) mass is 497 g/mol. The minimum atomic E-state index is -1.12. The molecule has 7 nitrogen and oxygen atoms in total. The third-order valence-corrected chi connectivity index (χ3v) is 6.86. The Balaban J connectivity index is 4.16. The number of nitrogens with zero attached hydrogens (tertiary/aromatic N) is 1. The fourth-order valence-corrected chi connectivity index (χ4v) is 4.42. The zero-order valence-electron chi connectivity index (χ0n) is 22.9. The lowest BCUT2D eigenvalue weighted by Crippen LogP contribution is -2.53. The van der Waals surface area contributed by atoms with Gasteiger partial charge in [0.05, 0.1) is 6.04 Å². The molecule has 0 bridgehead atoms. The summed E-state index contributed by atoms with van der Waals surface area (Å²) in [6, 6.07) is -1.83. The maximum Gasteiger partial charge on any atom is 0.326 e. The van der Waals surface area contributed by atoms with E-state index in [9.17, 15) is 19.5 Å². The molecule has 0 aromatic rings. The molecule has 0 aromatic heterocycles. The first kappa shape index (κ1) is 33.4. The van der Waals surface area contributed by atoms with Gasteiger partial charge in [-0.1, -0.05) is 117 Å². The van der Waals surface area contributed by atoms with Crippen molar-refractivity contribution in [1.82, 2.24) is 4.90 Å². The van der Waals surface area contributed by atoms with Crippen LogP contribution in [0.1, 0.15) is 136 Å². The molecule has 0 spiro atoms. The molecule has 0 aliphatic heterocycles. The van der Waals surface area contributed by atoms with E-state index in [4.69, 9.17) is 11.5 Å². The molecule has 7 heteroatoms. The molecule has 0 saturated heterocycles. The third kappa shape index (κ3) is 17.4. The first-order valence-electron chi connectivity index (χ1n) is 14.3. The predicted octanol–water partition coefficient (Wildman–Crippen LogP) is 5.78. The molecular weight excluding hydrogens is 442 g/mol. The van der Waals surface area contributed by atoms with Gasteiger partial charge < -0.3 is 21.5 Å². The standard InChI is InChI=1S/C28H55N3O4/c1-4-5-6-7-8-9-10-11-12-13-14-15-16-17-18-19-22-31(27(33)26(30)23(2)3)24(28(34)35)20-21-25(29)32/h23-24,26H,4-22,30H2,1-3H3,(H2,29,32)(H,34,35)/t24-,26+/m1/s1. The number of carboxylic acid groups (broad SMARTS) is 1. The highest BCUT2D eigenvalue weighted by atomic mass is 16.4. The van der Waals surface area contributed by atoms with Crippen molar-refractivity contribution in [2.24, 2.45) is 17.4 Å². The first-order chi connectivity index (χ1) is 16.7. The maximum atomic E-state index is 12.9. The molecule has 5 N–H and O–H groups in total. The molecule has 0 aliphatic carbocycles. The number of primary amides is 1. The van der Waals surface area contributed by atoms with Crippen LogP contribution < -0.4 is 11.5 Å². The average molecular weight is 498 g/mol. The van der Waals surface area contributed by atoms with E-state index >= 15 is 0 Å². The fourth-order valence-electron chi connectivity index (χ4n) is 4.42. The zero-order valence-corrected chi connectivity index (χ0v) is 22.9. The summed E-state index contributed by atoms with van der Waals surface area (Å²) >= 11 is 0. The van der Waals surface area contributed by atoms with Crippen LogP contribution in [0, 0.1) is 5.92 Å². The van der Waals surface area contributed by atoms with E-state index in [1.54, 1.807) is 0 Å². The average Bonchev–Trinajstić information content (AvgIpc) is 2.81. The molecule has 0 radical (unpaired) electrons. The van der Waals surface area contributed by atoms with Crippen molar-refractivity contribution in [2.75, 3.05) is 6.54 Å². The zero-order chi connectivity index (χ0) is 26.5. The quantitative estimate of drug-likeness (QED) is 0.146. The van der Waals surface area contributed by atoms with Gasteiger partial charge in [0.2, 0.25) is 11.8 Å². The van der Waals surface area contributed by atoms with E-state index < -0.39 is 24.0 Å². The minimum absolute atomic E-state index is 0.0140. The second kappa shape index (κ2) is 21.6. The van der Waals surface area contributed by atoms with Crippen LogP contribution in [0.5, 0.6) is 0 Å². The Hall–Kier alpha value is -1.63. The van der Waals surface area contributed by atoms with Gasteiger partial charge in [-0.2, -0.15) is 0 Å². The second-order valence-electron chi connectivity index (χ2n) is 10.5. The third-order valence-electron chi connectivity index (χ3n) is 6.86. The van der Waals surface area contributed by atoms with Crippen molar-refractivity contribution >= 4 is 17.8 Å². The number of unbranched alkanes of at least 4 members (excludes halogenated alkanes) is 15. The van der Waals surface area contributed by atoms with Gasteiger partial charge in [0.1, 0.15) is 6.04 Å². The largest absolute Gasteiger partial charge is 0.480 e. The predicted molar refractivity (Wildman–Crippen MR) is 144 cm³/mol. The maximum absolute atomic E-state index is 12.9. The topological polar surface area (TPSA) is 127 Å². The van der Waals surface area contributed by atoms with Gasteiger partial charge >= 0.3 is 5.97 Å². The molecule has 0 unspecified atom stereocenters. The second-order valence-corrected chi connectivity index (χ2v) is 10.5. The minimum Gasteiger partial charge on any atom is -0.480 e. The number of nitrogens with two attached hydrogens (primary N) is 2. The lowest BCUT2D eigenvalue weighted by molar-refractivity contribution is -0.151. The Labute approximate surface area is 214 Å². The van der Waals surface area contributed by atoms with Gasteiger partial charge in [-0.15, -0.1) is 0 Å². The van der Waals surface area contributed by atoms with E-state index in [1.807, 2.05) is 13.8 Å². The van der Waals surface area contributed by atoms with Gasteiger partial charge in [0.25, 0.3) is 0 Å². The lowest BCUT2D eigenvalue weighted by Gasteiger charge is -2.32. The van der Waals surface area contributed by atoms with Gasteiger partial charge in [0.15, 0.2) is 0 Å². The molecule has 0 heterocycles. The van der Waals surface area contributed by atoms with Gasteiger partial charge in [-0.3, -0.25) is 9.59 Å². The van der Waals surface area contributed by atoms with E-state index in [-0.39, 0.29) is 24.7 Å². The molecule has 0 fully saturated rings. The van der Waals surface area contributed by atoms with Crippen LogP contribution in [0.3, 0.4) is 0 Å². The van der Waals surface area contributed by atoms with Crippen molar-refractivity contribution < 1.29 is 19.5 Å². The number of rotatable bonds is 24. The van der Waals surface area contributed by atoms with Crippen molar-refractivity contribution in [3.8, 4) is 0 Å². The van der Waals surface area contributed by atoms with Crippen LogP contribution in [0.4, 0.5) is 0 Å². The molecule has 0 aliphatic rings. The van der Waals surface area contributed by atoms with E-state index in [2.05, 4.69) is 6.92 Å². The van der Waals surface area contributed by atoms with Crippen LogP contribution in [0.25, 0.3) is 0 Å². The molecule has 206 valence electrons. The lowest BCUT2D eigenvalue weighted by atomic mass is 10.0. The van der Waals surface area contributed by atoms with Crippen LogP contribution in [0.15, 0.2) is 0 Å². The van der Waals surface area contributed by atoms with E-state index in [0.29, 0.717) is 6.54 Å². The number of carbonyl (C=O) groups excluding carboxylic acids is 2. The highest BCUT2D eigenvalue weighted by molar-refractivity contribution is 5.87. The molecule has 2 amide bonds. The van der Waals surface area contributed by atoms with E-state index in [1.165, 1.54) is 88.4 Å². The molecular formula is C28H55N3O4. The number of hydrogen-bond acceptors (Lipinski definition) is 4. The Morgan fingerprint density at radius 3 is 1.49 bits per heavy atom. The van der Waals surface area contributed by atoms with Crippen LogP contribution in [0.2, 0.25) is 0 Å². The summed E-state index contributed by atoms with van der Waals surface area (Å²) in [6.45, 7) is 6.28. The molecule has 0 aromatic carbocycles. The van der Waals surface area contributed by atoms with Gasteiger partial charge in [0, 0.05) is 13.0 Å². The summed E-state index contributed by atoms with van der Waals surface area (Å²) in [7, 11) is 0. The summed E-state index contributed by atoms with van der Waals surface area (Å²) in [6.07, 6.45) is 20.0. The molecule has 0 saturated carbocycles. The summed E-state index contributed by atoms with van der Waals surface area (Å²) in [5.74, 6) is -2.15. The van der Waals surface area contributed by atoms with Crippen molar-refractivity contribution in [1.29, 1.82) is 0 Å². The van der Waals surface area contributed by atoms with Crippen LogP contribution >= 0.6 is 0 Å². The first-order valence-corrected chi connectivity index (χ1v) is 14.3. The fraction of sp³-hybridized carbons (Fsp3) is 0.893. The Morgan fingerprint density at radius 2 is 1.14 bits per heavy atom. The Kier molecular flexibility index (Phi) is 20.6. The van der Waals surface area contributed by atoms with E-state index in [0.717, 1.165) is 19.3 Å². The summed E-state index contributed by atoms with van der Waals surface area (Å²) in [5, 5.41) is 9.67. The summed E-state index contributed by atoms with van der Waals surface area (Å²) < 4.78 is 0.